The molecular formula is H10N4O6Pt-2. The third-order valence-electron chi connectivity index (χ3n) is 0. The van der Waals surface area contributed by atoms with Crippen molar-refractivity contribution < 1.29 is 32.0 Å². The minimum Gasteiger partial charge on any atom is -0.444 e. The second-order valence-electron chi connectivity index (χ2n) is 0.149. The first-order chi connectivity index (χ1) is 2.83. The minimum atomic E-state index is 0. The molecule has 0 fully saturated rings. The Kier molecular flexibility index (Phi) is 2700. The Morgan fingerprint density at radius 3 is 0.818 bits per heavy atom. The quantitative estimate of drug-likeness (QED) is 0.414. The monoisotopic (exact) mass is 357 g/mol. The summed E-state index contributed by atoms with van der Waals surface area (Å²) in [5.41, 5.74) is 0. The Bertz CT molecular complexity index is 35.6. The molecule has 0 aliphatic rings. The van der Waals surface area contributed by atoms with Gasteiger partial charge in [-0.15, -0.1) is 10.7 Å². The van der Waals surface area contributed by atoms with Gasteiger partial charge in [0.2, 0.25) is 0 Å². The Morgan fingerprint density at radius 1 is 0.818 bits per heavy atom. The largest absolute Gasteiger partial charge is 0.444 e. The zero-order valence-electron chi connectivity index (χ0n) is 5.26. The van der Waals surface area contributed by atoms with E-state index in [9.17, 15) is 0 Å². The van der Waals surface area contributed by atoms with E-state index in [4.69, 9.17) is 20.2 Å². The Labute approximate surface area is 75.9 Å². The SMILES string of the molecule is N.N.O.O.O=N[O-].O=N[O-].[Pt]. The van der Waals surface area contributed by atoms with Crippen molar-refractivity contribution >= 4 is 0 Å². The van der Waals surface area contributed by atoms with Gasteiger partial charge in [0.1, 0.15) is 0 Å². The molecule has 0 aliphatic carbocycles. The first kappa shape index (κ1) is 81.1. The van der Waals surface area contributed by atoms with E-state index in [1.165, 1.54) is 0 Å². The molecule has 78 valence electrons. The van der Waals surface area contributed by atoms with Crippen molar-refractivity contribution in [3.05, 3.63) is 20.2 Å². The van der Waals surface area contributed by atoms with Gasteiger partial charge >= 0.3 is 0 Å². The van der Waals surface area contributed by atoms with Gasteiger partial charge in [0.25, 0.3) is 0 Å². The minimum absolute atomic E-state index is 0. The molecule has 0 radical (unpaired) electrons. The van der Waals surface area contributed by atoms with Gasteiger partial charge in [0, 0.05) is 21.1 Å². The molecule has 0 saturated heterocycles. The summed E-state index contributed by atoms with van der Waals surface area (Å²) in [7, 11) is 0. The number of hydrogen-bond donors (Lipinski definition) is 2. The summed E-state index contributed by atoms with van der Waals surface area (Å²) in [6.07, 6.45) is 0. The number of nitrogens with zero attached hydrogens (tertiary/aromatic N) is 2. The predicted molar refractivity (Wildman–Crippen MR) is 35.6 cm³/mol. The van der Waals surface area contributed by atoms with Gasteiger partial charge in [-0.25, -0.2) is 0 Å². The maximum Gasteiger partial charge on any atom is 0 e. The standard InChI is InChI=1S/2HNO2.2H3N.2H2O.Pt/c2*2-1-3;;;;;/h2*(H,2,3);2*1H3;2*1H2;/p-2. The molecule has 10 nitrogen and oxygen atoms in total. The van der Waals surface area contributed by atoms with Crippen LogP contribution in [0.15, 0.2) is 10.7 Å². The molecule has 0 aliphatic heterocycles. The van der Waals surface area contributed by atoms with Crippen molar-refractivity contribution in [2.45, 2.75) is 0 Å². The first-order valence-electron chi connectivity index (χ1n) is 0.730. The van der Waals surface area contributed by atoms with Crippen molar-refractivity contribution in [3.63, 3.8) is 0 Å². The van der Waals surface area contributed by atoms with Gasteiger partial charge in [-0.3, -0.25) is 0 Å². The molecule has 11 heteroatoms. The molecule has 0 unspecified atom stereocenters. The van der Waals surface area contributed by atoms with Gasteiger partial charge in [0.05, 0.1) is 0 Å². The third-order valence-corrected chi connectivity index (χ3v) is 0. The van der Waals surface area contributed by atoms with Crippen LogP contribution in [-0.2, 0) is 21.1 Å². The molecule has 0 atom stereocenters. The van der Waals surface area contributed by atoms with Crippen molar-refractivity contribution in [2.24, 2.45) is 10.7 Å². The average Bonchev–Trinajstić information content (AvgIpc) is 1.39. The molecular weight excluding hydrogens is 347 g/mol. The van der Waals surface area contributed by atoms with Gasteiger partial charge in [-0.2, -0.15) is 0 Å². The third kappa shape index (κ3) is 1110. The summed E-state index contributed by atoms with van der Waals surface area (Å²) < 4.78 is 0. The van der Waals surface area contributed by atoms with Crippen LogP contribution in [0.4, 0.5) is 0 Å². The van der Waals surface area contributed by atoms with E-state index in [1.54, 1.807) is 0 Å². The number of hydrogen-bond acceptors (Lipinski definition) is 8. The van der Waals surface area contributed by atoms with Crippen LogP contribution in [0.3, 0.4) is 0 Å². The summed E-state index contributed by atoms with van der Waals surface area (Å²) >= 11 is 0. The maximum absolute atomic E-state index is 8.00. The molecule has 0 aromatic rings. The molecule has 0 aromatic carbocycles. The smallest absolute Gasteiger partial charge is 0 e. The molecule has 0 saturated carbocycles. The summed E-state index contributed by atoms with van der Waals surface area (Å²) in [5.74, 6) is 0. The van der Waals surface area contributed by atoms with Crippen molar-refractivity contribution in [1.82, 2.24) is 12.3 Å². The number of rotatable bonds is 0. The topological polar surface area (TPSA) is 238 Å². The van der Waals surface area contributed by atoms with Crippen LogP contribution in [0.5, 0.6) is 0 Å². The zero-order valence-corrected chi connectivity index (χ0v) is 7.53. The molecule has 0 aromatic heterocycles. The summed E-state index contributed by atoms with van der Waals surface area (Å²) in [4.78, 5) is 16.0. The molecule has 0 amide bonds. The predicted octanol–water partition coefficient (Wildman–Crippen LogP) is -0.827. The zero-order chi connectivity index (χ0) is 5.41. The Balaban J connectivity index is -0.00000000400. The fourth-order valence-corrected chi connectivity index (χ4v) is 0. The van der Waals surface area contributed by atoms with Crippen molar-refractivity contribution in [2.75, 3.05) is 0 Å². The van der Waals surface area contributed by atoms with E-state index >= 15 is 0 Å². The van der Waals surface area contributed by atoms with E-state index in [2.05, 4.69) is 0 Å². The van der Waals surface area contributed by atoms with Crippen molar-refractivity contribution in [1.29, 1.82) is 0 Å². The average molecular weight is 357 g/mol. The van der Waals surface area contributed by atoms with E-state index in [1.807, 2.05) is 0 Å². The van der Waals surface area contributed by atoms with Gasteiger partial charge in [0.15, 0.2) is 0 Å². The Morgan fingerprint density at radius 2 is 0.818 bits per heavy atom. The first-order valence-corrected chi connectivity index (χ1v) is 0.730. The van der Waals surface area contributed by atoms with Crippen LogP contribution < -0.4 is 12.3 Å². The van der Waals surface area contributed by atoms with Crippen molar-refractivity contribution in [3.8, 4) is 0 Å². The normalized spacial score (nSPS) is 2.18. The second kappa shape index (κ2) is 367. The van der Waals surface area contributed by atoms with Crippen LogP contribution >= 0.6 is 0 Å². The van der Waals surface area contributed by atoms with Crippen LogP contribution in [0.2, 0.25) is 0 Å². The van der Waals surface area contributed by atoms with Crippen LogP contribution in [0.1, 0.15) is 0 Å². The summed E-state index contributed by atoms with van der Waals surface area (Å²) in [5, 5.41) is 18.0. The van der Waals surface area contributed by atoms with Gasteiger partial charge < -0.3 is 43.5 Å². The summed E-state index contributed by atoms with van der Waals surface area (Å²) in [6.45, 7) is 0. The molecule has 0 rings (SSSR count). The van der Waals surface area contributed by atoms with Gasteiger partial charge in [-0.05, 0) is 0 Å². The molecule has 0 spiro atoms. The molecule has 0 bridgehead atoms. The van der Waals surface area contributed by atoms with E-state index < -0.39 is 0 Å². The second-order valence-corrected chi connectivity index (χ2v) is 0.149. The van der Waals surface area contributed by atoms with E-state index in [-0.39, 0.29) is 44.3 Å². The van der Waals surface area contributed by atoms with Crippen LogP contribution in [0.25, 0.3) is 0 Å². The van der Waals surface area contributed by atoms with Crippen LogP contribution in [0, 0.1) is 20.2 Å². The Hall–Kier alpha value is -0.672. The van der Waals surface area contributed by atoms with E-state index in [0.717, 1.165) is 10.7 Å². The summed E-state index contributed by atoms with van der Waals surface area (Å²) in [6, 6.07) is 0. The van der Waals surface area contributed by atoms with Crippen LogP contribution in [-0.4, -0.2) is 11.0 Å². The van der Waals surface area contributed by atoms with Gasteiger partial charge in [-0.1, -0.05) is 0 Å². The molecule has 0 heterocycles. The fraction of sp³-hybridized carbons (Fsp3) is 0. The molecule has 11 heavy (non-hydrogen) atoms. The van der Waals surface area contributed by atoms with E-state index in [0.29, 0.717) is 0 Å². The molecule has 10 N–H and O–H groups in total. The fourth-order valence-electron chi connectivity index (χ4n) is 0. The maximum atomic E-state index is 8.00.